The summed E-state index contributed by atoms with van der Waals surface area (Å²) in [6.45, 7) is 5.50. The van der Waals surface area contributed by atoms with E-state index >= 15 is 0 Å². The van der Waals surface area contributed by atoms with Crippen molar-refractivity contribution in [3.8, 4) is 5.75 Å². The second-order valence-corrected chi connectivity index (χ2v) is 8.32. The van der Waals surface area contributed by atoms with Crippen molar-refractivity contribution < 1.29 is 13.9 Å². The second-order valence-electron chi connectivity index (χ2n) is 7.10. The molecule has 29 heavy (non-hydrogen) atoms. The maximum Gasteiger partial charge on any atom is 0.244 e. The molecule has 1 heterocycles. The summed E-state index contributed by atoms with van der Waals surface area (Å²) in [6, 6.07) is 14.3. The van der Waals surface area contributed by atoms with E-state index in [1.807, 2.05) is 30.8 Å². The maximum atomic E-state index is 13.2. The van der Waals surface area contributed by atoms with E-state index in [1.54, 1.807) is 18.2 Å². The minimum atomic E-state index is -0.323. The molecular weight excluding hydrogens is 387 g/mol. The smallest absolute Gasteiger partial charge is 0.244 e. The first kappa shape index (κ1) is 21.4. The number of carbonyl (C=O) groups is 1. The molecule has 6 heteroatoms. The molecule has 2 aromatic rings. The normalized spacial score (nSPS) is 15.9. The number of thioether (sulfide) groups is 1. The summed E-state index contributed by atoms with van der Waals surface area (Å²) in [5, 5.41) is 2.81. The molecule has 0 bridgehead atoms. The summed E-state index contributed by atoms with van der Waals surface area (Å²) in [6.07, 6.45) is 2.83. The van der Waals surface area contributed by atoms with Crippen molar-refractivity contribution in [2.75, 3.05) is 31.1 Å². The number of benzene rings is 2. The van der Waals surface area contributed by atoms with Crippen LogP contribution >= 0.6 is 11.8 Å². The number of halogens is 1. The molecule has 1 aliphatic rings. The number of carbonyl (C=O) groups excluding carboxylic acids is 1. The van der Waals surface area contributed by atoms with Crippen molar-refractivity contribution in [1.29, 1.82) is 0 Å². The number of hydrogen-bond donors (Lipinski definition) is 1. The van der Waals surface area contributed by atoms with Gasteiger partial charge in [0.15, 0.2) is 0 Å². The third-order valence-corrected chi connectivity index (χ3v) is 5.53. The summed E-state index contributed by atoms with van der Waals surface area (Å²) in [5.41, 5.74) is 1.89. The van der Waals surface area contributed by atoms with Gasteiger partial charge in [-0.2, -0.15) is 11.8 Å². The van der Waals surface area contributed by atoms with E-state index in [0.717, 1.165) is 25.4 Å². The van der Waals surface area contributed by atoms with Gasteiger partial charge in [-0.05, 0) is 48.4 Å². The van der Waals surface area contributed by atoms with Gasteiger partial charge in [0, 0.05) is 37.2 Å². The SMILES string of the molecule is C[C@H](CNC(=O)/C=C/c1cccc(F)c1)Oc1cccc(CN2CCSCC2)c1. The molecular formula is C23H27FN2O2S. The molecule has 0 unspecified atom stereocenters. The first-order valence-corrected chi connectivity index (χ1v) is 11.0. The lowest BCUT2D eigenvalue weighted by molar-refractivity contribution is -0.116. The van der Waals surface area contributed by atoms with Crippen LogP contribution in [0.25, 0.3) is 6.08 Å². The van der Waals surface area contributed by atoms with Crippen LogP contribution in [-0.4, -0.2) is 48.1 Å². The van der Waals surface area contributed by atoms with Gasteiger partial charge in [-0.25, -0.2) is 4.39 Å². The van der Waals surface area contributed by atoms with E-state index in [0.29, 0.717) is 12.1 Å². The zero-order valence-corrected chi connectivity index (χ0v) is 17.5. The van der Waals surface area contributed by atoms with Gasteiger partial charge < -0.3 is 10.1 Å². The highest BCUT2D eigenvalue weighted by Crippen LogP contribution is 2.18. The maximum absolute atomic E-state index is 13.2. The average molecular weight is 415 g/mol. The topological polar surface area (TPSA) is 41.6 Å². The highest BCUT2D eigenvalue weighted by Gasteiger charge is 2.11. The highest BCUT2D eigenvalue weighted by molar-refractivity contribution is 7.99. The number of ether oxygens (including phenoxy) is 1. The Labute approximate surface area is 176 Å². The van der Waals surface area contributed by atoms with Crippen molar-refractivity contribution >= 4 is 23.7 Å². The highest BCUT2D eigenvalue weighted by atomic mass is 32.2. The average Bonchev–Trinajstić information content (AvgIpc) is 2.72. The molecule has 0 radical (unpaired) electrons. The lowest BCUT2D eigenvalue weighted by atomic mass is 10.2. The van der Waals surface area contributed by atoms with Gasteiger partial charge in [-0.15, -0.1) is 0 Å². The monoisotopic (exact) mass is 414 g/mol. The number of hydrogen-bond acceptors (Lipinski definition) is 4. The zero-order chi connectivity index (χ0) is 20.5. The van der Waals surface area contributed by atoms with Crippen LogP contribution in [0.1, 0.15) is 18.1 Å². The van der Waals surface area contributed by atoms with Crippen LogP contribution in [0.2, 0.25) is 0 Å². The van der Waals surface area contributed by atoms with E-state index in [9.17, 15) is 9.18 Å². The van der Waals surface area contributed by atoms with Crippen LogP contribution in [0.15, 0.2) is 54.6 Å². The van der Waals surface area contributed by atoms with Gasteiger partial charge in [-0.1, -0.05) is 24.3 Å². The molecule has 2 aromatic carbocycles. The van der Waals surface area contributed by atoms with E-state index < -0.39 is 0 Å². The standard InChI is InChI=1S/C23H27FN2O2S/c1-18(16-25-23(27)9-8-19-4-2-6-21(24)14-19)28-22-7-3-5-20(15-22)17-26-10-12-29-13-11-26/h2-9,14-15,18H,10-13,16-17H2,1H3,(H,25,27)/b9-8+/t18-/m1/s1. The Bertz CT molecular complexity index is 837. The van der Waals surface area contributed by atoms with Crippen molar-refractivity contribution in [3.63, 3.8) is 0 Å². The Morgan fingerprint density at radius 3 is 2.83 bits per heavy atom. The minimum Gasteiger partial charge on any atom is -0.489 e. The lowest BCUT2D eigenvalue weighted by Crippen LogP contribution is -2.32. The largest absolute Gasteiger partial charge is 0.489 e. The van der Waals surface area contributed by atoms with Crippen molar-refractivity contribution in [2.45, 2.75) is 19.6 Å². The first-order chi connectivity index (χ1) is 14.1. The molecule has 1 amide bonds. The van der Waals surface area contributed by atoms with Crippen LogP contribution in [0.4, 0.5) is 4.39 Å². The molecule has 0 saturated carbocycles. The lowest BCUT2D eigenvalue weighted by Gasteiger charge is -2.26. The van der Waals surface area contributed by atoms with Gasteiger partial charge in [0.2, 0.25) is 5.91 Å². The Hall–Kier alpha value is -2.31. The molecule has 1 fully saturated rings. The summed E-state index contributed by atoms with van der Waals surface area (Å²) in [5.74, 6) is 2.64. The Balaban J connectivity index is 1.44. The van der Waals surface area contributed by atoms with Crippen molar-refractivity contribution in [2.24, 2.45) is 0 Å². The third-order valence-electron chi connectivity index (χ3n) is 4.59. The molecule has 1 N–H and O–H groups in total. The van der Waals surface area contributed by atoms with Crippen molar-refractivity contribution in [3.05, 3.63) is 71.6 Å². The van der Waals surface area contributed by atoms with E-state index in [1.165, 1.54) is 35.3 Å². The van der Waals surface area contributed by atoms with Gasteiger partial charge >= 0.3 is 0 Å². The van der Waals surface area contributed by atoms with Crippen LogP contribution in [0.3, 0.4) is 0 Å². The Morgan fingerprint density at radius 2 is 2.03 bits per heavy atom. The molecule has 0 aliphatic carbocycles. The molecule has 3 rings (SSSR count). The van der Waals surface area contributed by atoms with Crippen LogP contribution < -0.4 is 10.1 Å². The number of nitrogens with zero attached hydrogens (tertiary/aromatic N) is 1. The van der Waals surface area contributed by atoms with Crippen LogP contribution in [-0.2, 0) is 11.3 Å². The van der Waals surface area contributed by atoms with Crippen molar-refractivity contribution in [1.82, 2.24) is 10.2 Å². The summed E-state index contributed by atoms with van der Waals surface area (Å²) < 4.78 is 19.1. The summed E-state index contributed by atoms with van der Waals surface area (Å²) >= 11 is 2.01. The summed E-state index contributed by atoms with van der Waals surface area (Å²) in [4.78, 5) is 14.4. The first-order valence-electron chi connectivity index (χ1n) is 9.86. The molecule has 1 aliphatic heterocycles. The second kappa shape index (κ2) is 11.0. The van der Waals surface area contributed by atoms with Crippen LogP contribution in [0.5, 0.6) is 5.75 Å². The van der Waals surface area contributed by atoms with Gasteiger partial charge in [-0.3, -0.25) is 9.69 Å². The zero-order valence-electron chi connectivity index (χ0n) is 16.6. The molecule has 1 saturated heterocycles. The predicted molar refractivity (Wildman–Crippen MR) is 118 cm³/mol. The van der Waals surface area contributed by atoms with E-state index in [-0.39, 0.29) is 17.8 Å². The molecule has 0 spiro atoms. The molecule has 154 valence electrons. The van der Waals surface area contributed by atoms with Gasteiger partial charge in [0.25, 0.3) is 0 Å². The quantitative estimate of drug-likeness (QED) is 0.664. The minimum absolute atomic E-state index is 0.164. The van der Waals surface area contributed by atoms with Gasteiger partial charge in [0.1, 0.15) is 17.7 Å². The molecule has 4 nitrogen and oxygen atoms in total. The van der Waals surface area contributed by atoms with E-state index in [4.69, 9.17) is 4.74 Å². The Morgan fingerprint density at radius 1 is 1.24 bits per heavy atom. The fourth-order valence-corrected chi connectivity index (χ4v) is 4.07. The van der Waals surface area contributed by atoms with Crippen LogP contribution in [0, 0.1) is 5.82 Å². The number of nitrogens with one attached hydrogen (secondary N) is 1. The summed E-state index contributed by atoms with van der Waals surface area (Å²) in [7, 11) is 0. The number of amides is 1. The van der Waals surface area contributed by atoms with Gasteiger partial charge in [0.05, 0.1) is 6.54 Å². The predicted octanol–water partition coefficient (Wildman–Crippen LogP) is 3.97. The molecule has 0 aromatic heterocycles. The molecule has 1 atom stereocenters. The third kappa shape index (κ3) is 7.55. The Kier molecular flexibility index (Phi) is 8.14. The fraction of sp³-hybridized carbons (Fsp3) is 0.348. The fourth-order valence-electron chi connectivity index (χ4n) is 3.09. The number of rotatable bonds is 8. The van der Waals surface area contributed by atoms with E-state index in [2.05, 4.69) is 22.3 Å².